The van der Waals surface area contributed by atoms with Crippen molar-refractivity contribution >= 4 is 0 Å². The molecule has 0 spiro atoms. The summed E-state index contributed by atoms with van der Waals surface area (Å²) in [7, 11) is 1.67. The van der Waals surface area contributed by atoms with Crippen LogP contribution in [-0.2, 0) is 17.9 Å². The highest BCUT2D eigenvalue weighted by Gasteiger charge is 2.03. The fourth-order valence-corrected chi connectivity index (χ4v) is 1.29. The summed E-state index contributed by atoms with van der Waals surface area (Å²) in [5, 5.41) is 0. The number of ether oxygens (including phenoxy) is 2. The van der Waals surface area contributed by atoms with E-state index in [1.807, 2.05) is 25.1 Å². The molecule has 0 unspecified atom stereocenters. The summed E-state index contributed by atoms with van der Waals surface area (Å²) in [4.78, 5) is 0. The highest BCUT2D eigenvalue weighted by molar-refractivity contribution is 5.37. The summed E-state index contributed by atoms with van der Waals surface area (Å²) in [6.07, 6.45) is 0. The third-order valence-corrected chi connectivity index (χ3v) is 1.97. The number of hydrogen-bond acceptors (Lipinski definition) is 3. The lowest BCUT2D eigenvalue weighted by Crippen LogP contribution is -2.01. The highest BCUT2D eigenvalue weighted by Crippen LogP contribution is 2.21. The molecule has 0 saturated heterocycles. The Balaban J connectivity index is 2.91. The van der Waals surface area contributed by atoms with Gasteiger partial charge < -0.3 is 15.2 Å². The van der Waals surface area contributed by atoms with E-state index in [0.29, 0.717) is 19.8 Å². The van der Waals surface area contributed by atoms with Gasteiger partial charge >= 0.3 is 0 Å². The molecule has 0 aromatic heterocycles. The van der Waals surface area contributed by atoms with Crippen LogP contribution in [0.4, 0.5) is 0 Å². The van der Waals surface area contributed by atoms with Gasteiger partial charge in [-0.3, -0.25) is 0 Å². The Morgan fingerprint density at radius 3 is 2.71 bits per heavy atom. The molecule has 0 atom stereocenters. The molecule has 0 aliphatic rings. The van der Waals surface area contributed by atoms with Gasteiger partial charge in [0.2, 0.25) is 0 Å². The van der Waals surface area contributed by atoms with Crippen LogP contribution in [0.15, 0.2) is 18.2 Å². The molecule has 3 heteroatoms. The van der Waals surface area contributed by atoms with Crippen molar-refractivity contribution in [3.63, 3.8) is 0 Å². The van der Waals surface area contributed by atoms with Gasteiger partial charge in [-0.1, -0.05) is 12.1 Å². The quantitative estimate of drug-likeness (QED) is 0.777. The van der Waals surface area contributed by atoms with Gasteiger partial charge in [-0.05, 0) is 18.6 Å². The average Bonchev–Trinajstić information content (AvgIpc) is 2.21. The molecule has 1 aromatic rings. The second kappa shape index (κ2) is 5.62. The first-order valence-corrected chi connectivity index (χ1v) is 4.75. The molecule has 0 saturated carbocycles. The van der Waals surface area contributed by atoms with Crippen molar-refractivity contribution in [2.24, 2.45) is 5.73 Å². The smallest absolute Gasteiger partial charge is 0.125 e. The Labute approximate surface area is 84.8 Å². The molecule has 0 aliphatic heterocycles. The van der Waals surface area contributed by atoms with E-state index in [0.717, 1.165) is 16.9 Å². The largest absolute Gasteiger partial charge is 0.493 e. The first kappa shape index (κ1) is 11.0. The zero-order chi connectivity index (χ0) is 10.4. The van der Waals surface area contributed by atoms with Crippen LogP contribution in [0.3, 0.4) is 0 Å². The predicted molar refractivity (Wildman–Crippen MR) is 56.2 cm³/mol. The van der Waals surface area contributed by atoms with Crippen LogP contribution < -0.4 is 10.5 Å². The minimum Gasteiger partial charge on any atom is -0.493 e. The summed E-state index contributed by atoms with van der Waals surface area (Å²) >= 11 is 0. The Morgan fingerprint density at radius 1 is 1.36 bits per heavy atom. The van der Waals surface area contributed by atoms with E-state index >= 15 is 0 Å². The maximum Gasteiger partial charge on any atom is 0.125 e. The molecule has 0 amide bonds. The minimum atomic E-state index is 0.535. The summed E-state index contributed by atoms with van der Waals surface area (Å²) in [6.45, 7) is 3.73. The molecule has 1 rings (SSSR count). The van der Waals surface area contributed by atoms with Crippen LogP contribution in [-0.4, -0.2) is 13.7 Å². The molecule has 0 bridgehead atoms. The van der Waals surface area contributed by atoms with E-state index in [-0.39, 0.29) is 0 Å². The molecular weight excluding hydrogens is 178 g/mol. The number of methoxy groups -OCH3 is 1. The molecule has 78 valence electrons. The zero-order valence-electron chi connectivity index (χ0n) is 8.75. The molecule has 14 heavy (non-hydrogen) atoms. The van der Waals surface area contributed by atoms with E-state index in [9.17, 15) is 0 Å². The SMILES string of the molecule is CCOc1cc(CN)ccc1COC. The topological polar surface area (TPSA) is 44.5 Å². The van der Waals surface area contributed by atoms with Crippen LogP contribution in [0.5, 0.6) is 5.75 Å². The fourth-order valence-electron chi connectivity index (χ4n) is 1.29. The first-order chi connectivity index (χ1) is 6.81. The maximum atomic E-state index is 5.55. The Kier molecular flexibility index (Phi) is 4.43. The Bertz CT molecular complexity index is 287. The van der Waals surface area contributed by atoms with Gasteiger partial charge in [0.1, 0.15) is 5.75 Å². The molecule has 0 heterocycles. The van der Waals surface area contributed by atoms with Gasteiger partial charge in [0, 0.05) is 19.2 Å². The first-order valence-electron chi connectivity index (χ1n) is 4.75. The van der Waals surface area contributed by atoms with Crippen LogP contribution in [0.1, 0.15) is 18.1 Å². The lowest BCUT2D eigenvalue weighted by atomic mass is 10.1. The van der Waals surface area contributed by atoms with E-state index in [1.54, 1.807) is 7.11 Å². The molecule has 0 fully saturated rings. The van der Waals surface area contributed by atoms with Crippen LogP contribution >= 0.6 is 0 Å². The van der Waals surface area contributed by atoms with Crippen LogP contribution in [0.2, 0.25) is 0 Å². The second-order valence-corrected chi connectivity index (χ2v) is 3.01. The summed E-state index contributed by atoms with van der Waals surface area (Å²) in [5.41, 5.74) is 7.69. The molecule has 3 nitrogen and oxygen atoms in total. The van der Waals surface area contributed by atoms with E-state index in [1.165, 1.54) is 0 Å². The predicted octanol–water partition coefficient (Wildman–Crippen LogP) is 1.69. The highest BCUT2D eigenvalue weighted by atomic mass is 16.5. The number of nitrogens with two attached hydrogens (primary N) is 1. The summed E-state index contributed by atoms with van der Waals surface area (Å²) in [6, 6.07) is 5.96. The third-order valence-electron chi connectivity index (χ3n) is 1.97. The van der Waals surface area contributed by atoms with Gasteiger partial charge in [0.25, 0.3) is 0 Å². The molecule has 1 aromatic carbocycles. The lowest BCUT2D eigenvalue weighted by molar-refractivity contribution is 0.180. The van der Waals surface area contributed by atoms with Gasteiger partial charge in [0.05, 0.1) is 13.2 Å². The van der Waals surface area contributed by atoms with Crippen molar-refractivity contribution in [3.05, 3.63) is 29.3 Å². The molecular formula is C11H17NO2. The van der Waals surface area contributed by atoms with Crippen LogP contribution in [0, 0.1) is 0 Å². The average molecular weight is 195 g/mol. The minimum absolute atomic E-state index is 0.535. The maximum absolute atomic E-state index is 5.55. The van der Waals surface area contributed by atoms with Gasteiger partial charge in [-0.25, -0.2) is 0 Å². The Morgan fingerprint density at radius 2 is 2.14 bits per heavy atom. The lowest BCUT2D eigenvalue weighted by Gasteiger charge is -2.10. The zero-order valence-corrected chi connectivity index (χ0v) is 8.75. The van der Waals surface area contributed by atoms with Crippen molar-refractivity contribution in [2.75, 3.05) is 13.7 Å². The van der Waals surface area contributed by atoms with Crippen LogP contribution in [0.25, 0.3) is 0 Å². The summed E-state index contributed by atoms with van der Waals surface area (Å²) < 4.78 is 10.6. The van der Waals surface area contributed by atoms with E-state index in [2.05, 4.69) is 0 Å². The second-order valence-electron chi connectivity index (χ2n) is 3.01. The molecule has 0 radical (unpaired) electrons. The third kappa shape index (κ3) is 2.72. The van der Waals surface area contributed by atoms with Crippen molar-refractivity contribution in [1.29, 1.82) is 0 Å². The standard InChI is InChI=1S/C11H17NO2/c1-3-14-11-6-9(7-12)4-5-10(11)8-13-2/h4-6H,3,7-8,12H2,1-2H3. The van der Waals surface area contributed by atoms with E-state index < -0.39 is 0 Å². The number of benzene rings is 1. The van der Waals surface area contributed by atoms with Gasteiger partial charge in [-0.2, -0.15) is 0 Å². The van der Waals surface area contributed by atoms with Gasteiger partial charge in [0.15, 0.2) is 0 Å². The van der Waals surface area contributed by atoms with Crippen molar-refractivity contribution in [3.8, 4) is 5.75 Å². The molecule has 2 N–H and O–H groups in total. The van der Waals surface area contributed by atoms with Crippen molar-refractivity contribution in [1.82, 2.24) is 0 Å². The molecule has 0 aliphatic carbocycles. The number of rotatable bonds is 5. The normalized spacial score (nSPS) is 10.2. The van der Waals surface area contributed by atoms with Gasteiger partial charge in [-0.15, -0.1) is 0 Å². The number of hydrogen-bond donors (Lipinski definition) is 1. The van der Waals surface area contributed by atoms with Crippen molar-refractivity contribution in [2.45, 2.75) is 20.1 Å². The van der Waals surface area contributed by atoms with Crippen molar-refractivity contribution < 1.29 is 9.47 Å². The summed E-state index contributed by atoms with van der Waals surface area (Å²) in [5.74, 6) is 0.872. The fraction of sp³-hybridized carbons (Fsp3) is 0.455. The monoisotopic (exact) mass is 195 g/mol. The Hall–Kier alpha value is -1.06. The van der Waals surface area contributed by atoms with E-state index in [4.69, 9.17) is 15.2 Å².